The molecule has 4 aromatic rings. The molecule has 1 atom stereocenters. The monoisotopic (exact) mass is 474 g/mol. The van der Waals surface area contributed by atoms with Crippen LogP contribution in [0, 0.1) is 0 Å². The molecule has 1 aliphatic carbocycles. The first-order valence-electron chi connectivity index (χ1n) is 12.1. The largest absolute Gasteiger partial charge is 0.467 e. The first kappa shape index (κ1) is 22.7. The number of carbonyl (C=O) groups excluding carboxylic acids is 1. The Kier molecular flexibility index (Phi) is 7.00. The van der Waals surface area contributed by atoms with Crippen LogP contribution in [-0.2, 0) is 17.8 Å². The molecule has 34 heavy (non-hydrogen) atoms. The van der Waals surface area contributed by atoms with Crippen LogP contribution in [0.1, 0.15) is 62.2 Å². The van der Waals surface area contributed by atoms with E-state index in [0.717, 1.165) is 36.0 Å². The number of amides is 1. The number of carbonyl (C=O) groups is 1. The number of thioether (sulfide) groups is 1. The smallest absolute Gasteiger partial charge is 0.233 e. The molecule has 0 bridgehead atoms. The minimum absolute atomic E-state index is 0.0322. The Labute approximate surface area is 204 Å². The van der Waals surface area contributed by atoms with Crippen molar-refractivity contribution in [2.45, 2.75) is 68.4 Å². The molecule has 2 heterocycles. The Morgan fingerprint density at radius 3 is 2.74 bits per heavy atom. The molecule has 0 radical (unpaired) electrons. The van der Waals surface area contributed by atoms with E-state index in [1.165, 1.54) is 47.4 Å². The molecule has 1 aliphatic rings. The van der Waals surface area contributed by atoms with Gasteiger partial charge < -0.3 is 14.3 Å². The van der Waals surface area contributed by atoms with E-state index in [1.807, 2.05) is 19.1 Å². The summed E-state index contributed by atoms with van der Waals surface area (Å²) in [6.07, 6.45) is 8.33. The lowest BCUT2D eigenvalue weighted by atomic mass is 9.95. The molecule has 1 fully saturated rings. The van der Waals surface area contributed by atoms with Crippen molar-refractivity contribution in [1.82, 2.24) is 20.1 Å². The van der Waals surface area contributed by atoms with Crippen LogP contribution in [0.2, 0.25) is 0 Å². The number of nitrogens with one attached hydrogen (secondary N) is 1. The predicted molar refractivity (Wildman–Crippen MR) is 135 cm³/mol. The Hall–Kier alpha value is -3.06. The highest BCUT2D eigenvalue weighted by Crippen LogP contribution is 2.35. The number of benzene rings is 2. The average molecular weight is 475 g/mol. The molecule has 5 rings (SSSR count). The van der Waals surface area contributed by atoms with Crippen molar-refractivity contribution in [3.05, 3.63) is 78.0 Å². The standard InChI is InChI=1S/C27H30N4O2S/c1-19(26(32)28-18-23-14-8-16-33-23)34-27-30-29-25(31(27)22-12-3-2-4-13-22)17-21-11-7-10-20-9-5-6-15-24(20)21/h5-11,14-16,19,22H,2-4,12-13,17-18H2,1H3,(H,28,32)/t19-/m1/s1. The zero-order chi connectivity index (χ0) is 23.3. The molecule has 0 saturated heterocycles. The topological polar surface area (TPSA) is 73.0 Å². The van der Waals surface area contributed by atoms with Crippen molar-refractivity contribution in [2.24, 2.45) is 0 Å². The van der Waals surface area contributed by atoms with Gasteiger partial charge in [-0.25, -0.2) is 0 Å². The van der Waals surface area contributed by atoms with E-state index in [-0.39, 0.29) is 11.2 Å². The molecule has 1 saturated carbocycles. The molecular formula is C27H30N4O2S. The fourth-order valence-corrected chi connectivity index (χ4v) is 5.74. The number of furan rings is 1. The van der Waals surface area contributed by atoms with Gasteiger partial charge in [0.25, 0.3) is 0 Å². The third kappa shape index (κ3) is 5.04. The fourth-order valence-electron chi connectivity index (χ4n) is 4.77. The quantitative estimate of drug-likeness (QED) is 0.321. The Balaban J connectivity index is 1.38. The summed E-state index contributed by atoms with van der Waals surface area (Å²) in [6, 6.07) is 19.0. The van der Waals surface area contributed by atoms with E-state index in [2.05, 4.69) is 62.5 Å². The SMILES string of the molecule is C[C@@H](Sc1nnc(Cc2cccc3ccccc23)n1C1CCCCC1)C(=O)NCc1ccco1. The maximum atomic E-state index is 12.7. The first-order chi connectivity index (χ1) is 16.7. The van der Waals surface area contributed by atoms with E-state index in [4.69, 9.17) is 4.42 Å². The van der Waals surface area contributed by atoms with Crippen molar-refractivity contribution in [2.75, 3.05) is 0 Å². The number of hydrogen-bond donors (Lipinski definition) is 1. The molecule has 0 aliphatic heterocycles. The van der Waals surface area contributed by atoms with E-state index >= 15 is 0 Å². The summed E-state index contributed by atoms with van der Waals surface area (Å²) in [4.78, 5) is 12.7. The van der Waals surface area contributed by atoms with Gasteiger partial charge in [0, 0.05) is 12.5 Å². The highest BCUT2D eigenvalue weighted by molar-refractivity contribution is 8.00. The molecule has 0 unspecified atom stereocenters. The number of aromatic nitrogens is 3. The molecule has 176 valence electrons. The van der Waals surface area contributed by atoms with Crippen LogP contribution < -0.4 is 5.32 Å². The lowest BCUT2D eigenvalue weighted by molar-refractivity contribution is -0.120. The Bertz CT molecular complexity index is 1240. The summed E-state index contributed by atoms with van der Waals surface area (Å²) in [6.45, 7) is 2.31. The van der Waals surface area contributed by atoms with Gasteiger partial charge in [0.05, 0.1) is 18.1 Å². The zero-order valence-electron chi connectivity index (χ0n) is 19.4. The third-order valence-electron chi connectivity index (χ3n) is 6.57. The normalized spacial score (nSPS) is 15.4. The number of rotatable bonds is 8. The lowest BCUT2D eigenvalue weighted by Gasteiger charge is -2.26. The highest BCUT2D eigenvalue weighted by atomic mass is 32.2. The van der Waals surface area contributed by atoms with Crippen LogP contribution in [0.3, 0.4) is 0 Å². The minimum atomic E-state index is -0.285. The fraction of sp³-hybridized carbons (Fsp3) is 0.370. The maximum Gasteiger partial charge on any atom is 0.233 e. The van der Waals surface area contributed by atoms with Crippen LogP contribution in [-0.4, -0.2) is 25.9 Å². The van der Waals surface area contributed by atoms with Gasteiger partial charge in [0.2, 0.25) is 5.91 Å². The highest BCUT2D eigenvalue weighted by Gasteiger charge is 2.26. The number of hydrogen-bond acceptors (Lipinski definition) is 5. The molecule has 2 aromatic heterocycles. The van der Waals surface area contributed by atoms with Gasteiger partial charge in [0.1, 0.15) is 11.6 Å². The molecular weight excluding hydrogens is 444 g/mol. The maximum absolute atomic E-state index is 12.7. The summed E-state index contributed by atoms with van der Waals surface area (Å²) < 4.78 is 7.64. The molecule has 7 heteroatoms. The van der Waals surface area contributed by atoms with Crippen LogP contribution in [0.4, 0.5) is 0 Å². The van der Waals surface area contributed by atoms with Crippen molar-refractivity contribution in [3.8, 4) is 0 Å². The van der Waals surface area contributed by atoms with Gasteiger partial charge in [-0.05, 0) is 48.2 Å². The van der Waals surface area contributed by atoms with Gasteiger partial charge in [-0.15, -0.1) is 10.2 Å². The van der Waals surface area contributed by atoms with E-state index in [9.17, 15) is 4.79 Å². The van der Waals surface area contributed by atoms with Gasteiger partial charge >= 0.3 is 0 Å². The Morgan fingerprint density at radius 2 is 1.91 bits per heavy atom. The van der Waals surface area contributed by atoms with Crippen LogP contribution >= 0.6 is 11.8 Å². The van der Waals surface area contributed by atoms with E-state index in [1.54, 1.807) is 6.26 Å². The second-order valence-corrected chi connectivity index (χ2v) is 10.2. The second-order valence-electron chi connectivity index (χ2n) is 8.93. The molecule has 1 N–H and O–H groups in total. The van der Waals surface area contributed by atoms with Crippen LogP contribution in [0.5, 0.6) is 0 Å². The molecule has 1 amide bonds. The molecule has 0 spiro atoms. The summed E-state index contributed by atoms with van der Waals surface area (Å²) >= 11 is 1.49. The Morgan fingerprint density at radius 1 is 1.09 bits per heavy atom. The summed E-state index contributed by atoms with van der Waals surface area (Å²) in [5.41, 5.74) is 1.25. The third-order valence-corrected chi connectivity index (χ3v) is 7.63. The second kappa shape index (κ2) is 10.5. The number of nitrogens with zero attached hydrogens (tertiary/aromatic N) is 3. The van der Waals surface area contributed by atoms with Gasteiger partial charge in [-0.1, -0.05) is 73.5 Å². The van der Waals surface area contributed by atoms with Crippen LogP contribution in [0.25, 0.3) is 10.8 Å². The van der Waals surface area contributed by atoms with Gasteiger partial charge in [-0.2, -0.15) is 0 Å². The minimum Gasteiger partial charge on any atom is -0.467 e. The first-order valence-corrected chi connectivity index (χ1v) is 12.9. The van der Waals surface area contributed by atoms with Gasteiger partial charge in [-0.3, -0.25) is 4.79 Å². The van der Waals surface area contributed by atoms with Crippen LogP contribution in [0.15, 0.2) is 70.4 Å². The van der Waals surface area contributed by atoms with Crippen molar-refractivity contribution in [1.29, 1.82) is 0 Å². The predicted octanol–water partition coefficient (Wildman–Crippen LogP) is 5.92. The summed E-state index contributed by atoms with van der Waals surface area (Å²) in [7, 11) is 0. The van der Waals surface area contributed by atoms with Crippen molar-refractivity contribution >= 4 is 28.4 Å². The van der Waals surface area contributed by atoms with E-state index < -0.39 is 0 Å². The van der Waals surface area contributed by atoms with Gasteiger partial charge in [0.15, 0.2) is 5.16 Å². The average Bonchev–Trinajstić information content (AvgIpc) is 3.53. The lowest BCUT2D eigenvalue weighted by Crippen LogP contribution is -2.30. The van der Waals surface area contributed by atoms with Crippen molar-refractivity contribution in [3.63, 3.8) is 0 Å². The van der Waals surface area contributed by atoms with Crippen molar-refractivity contribution < 1.29 is 9.21 Å². The molecule has 6 nitrogen and oxygen atoms in total. The van der Waals surface area contributed by atoms with E-state index in [0.29, 0.717) is 12.6 Å². The molecule has 2 aromatic carbocycles. The summed E-state index contributed by atoms with van der Waals surface area (Å²) in [5.74, 6) is 1.69. The number of fused-ring (bicyclic) bond motifs is 1. The summed E-state index contributed by atoms with van der Waals surface area (Å²) in [5, 5.41) is 15.2. The zero-order valence-corrected chi connectivity index (χ0v) is 20.3.